The molecular formula is C18H22N3O2S+. The van der Waals surface area contributed by atoms with E-state index in [-0.39, 0.29) is 24.9 Å². The average molecular weight is 344 g/mol. The third kappa shape index (κ3) is 6.06. The zero-order valence-corrected chi connectivity index (χ0v) is 14.4. The van der Waals surface area contributed by atoms with Crippen LogP contribution >= 0.6 is 11.8 Å². The second-order valence-electron chi connectivity index (χ2n) is 5.19. The molecule has 2 rings (SSSR count). The topological polar surface area (TPSA) is 74.8 Å². The highest BCUT2D eigenvalue weighted by molar-refractivity contribution is 7.98. The highest BCUT2D eigenvalue weighted by atomic mass is 32.2. The zero-order valence-electron chi connectivity index (χ0n) is 13.6. The number of hydrogen-bond acceptors (Lipinski definition) is 3. The number of para-hydroxylation sites is 1. The number of anilines is 1. The molecule has 2 amide bonds. The molecule has 5 nitrogen and oxygen atoms in total. The normalized spacial score (nSPS) is 10.2. The van der Waals surface area contributed by atoms with Crippen molar-refractivity contribution in [2.24, 2.45) is 0 Å². The van der Waals surface area contributed by atoms with Crippen molar-refractivity contribution in [2.45, 2.75) is 10.6 Å². The van der Waals surface area contributed by atoms with Crippen molar-refractivity contribution >= 4 is 29.3 Å². The SMILES string of the molecule is CNC(=O)C[NH2+]CC(=O)Nc1ccccc1SCc1ccccc1. The molecule has 0 bridgehead atoms. The summed E-state index contributed by atoms with van der Waals surface area (Å²) in [5, 5.41) is 7.11. The van der Waals surface area contributed by atoms with E-state index >= 15 is 0 Å². The predicted octanol–water partition coefficient (Wildman–Crippen LogP) is 1.23. The summed E-state index contributed by atoms with van der Waals surface area (Å²) in [5.74, 6) is 0.629. The smallest absolute Gasteiger partial charge is 0.279 e. The summed E-state index contributed by atoms with van der Waals surface area (Å²) in [4.78, 5) is 24.2. The first-order valence-electron chi connectivity index (χ1n) is 7.77. The van der Waals surface area contributed by atoms with Gasteiger partial charge in [-0.25, -0.2) is 0 Å². The molecule has 0 unspecified atom stereocenters. The van der Waals surface area contributed by atoms with Gasteiger partial charge in [-0.3, -0.25) is 9.59 Å². The van der Waals surface area contributed by atoms with Gasteiger partial charge in [-0.2, -0.15) is 0 Å². The molecule has 0 aliphatic rings. The molecule has 0 aliphatic heterocycles. The van der Waals surface area contributed by atoms with E-state index in [0.717, 1.165) is 16.3 Å². The Labute approximate surface area is 146 Å². The van der Waals surface area contributed by atoms with E-state index in [9.17, 15) is 9.59 Å². The molecule has 24 heavy (non-hydrogen) atoms. The monoisotopic (exact) mass is 344 g/mol. The van der Waals surface area contributed by atoms with Crippen LogP contribution in [-0.4, -0.2) is 32.0 Å². The van der Waals surface area contributed by atoms with Gasteiger partial charge in [-0.1, -0.05) is 42.5 Å². The van der Waals surface area contributed by atoms with Crippen molar-refractivity contribution in [3.8, 4) is 0 Å². The number of nitrogens with two attached hydrogens (primary N) is 1. The number of hydrogen-bond donors (Lipinski definition) is 3. The van der Waals surface area contributed by atoms with E-state index in [1.807, 2.05) is 42.5 Å². The summed E-state index contributed by atoms with van der Waals surface area (Å²) in [6, 6.07) is 18.0. The Bertz CT molecular complexity index is 677. The molecule has 0 atom stereocenters. The first-order valence-corrected chi connectivity index (χ1v) is 8.75. The van der Waals surface area contributed by atoms with Gasteiger partial charge in [-0.15, -0.1) is 11.8 Å². The van der Waals surface area contributed by atoms with Gasteiger partial charge in [-0.05, 0) is 17.7 Å². The molecule has 0 aliphatic carbocycles. The van der Waals surface area contributed by atoms with Gasteiger partial charge in [0.25, 0.3) is 11.8 Å². The summed E-state index contributed by atoms with van der Waals surface area (Å²) in [7, 11) is 1.58. The van der Waals surface area contributed by atoms with Crippen LogP contribution in [0.25, 0.3) is 0 Å². The van der Waals surface area contributed by atoms with Crippen LogP contribution in [0.5, 0.6) is 0 Å². The fourth-order valence-electron chi connectivity index (χ4n) is 2.07. The average Bonchev–Trinajstić information content (AvgIpc) is 2.61. The van der Waals surface area contributed by atoms with Crippen LogP contribution < -0.4 is 16.0 Å². The first kappa shape index (κ1) is 18.0. The number of amides is 2. The quantitative estimate of drug-likeness (QED) is 0.631. The number of nitrogens with one attached hydrogen (secondary N) is 2. The van der Waals surface area contributed by atoms with Crippen molar-refractivity contribution in [3.05, 3.63) is 60.2 Å². The van der Waals surface area contributed by atoms with E-state index in [2.05, 4.69) is 22.8 Å². The molecule has 2 aromatic rings. The Kier molecular flexibility index (Phi) is 7.32. The van der Waals surface area contributed by atoms with Gasteiger partial charge in [0.15, 0.2) is 13.1 Å². The maximum Gasteiger partial charge on any atom is 0.279 e. The number of likely N-dealkylation sites (N-methyl/N-ethyl adjacent to an activating group) is 1. The second-order valence-corrected chi connectivity index (χ2v) is 6.21. The molecule has 0 spiro atoms. The molecule has 0 saturated heterocycles. The molecule has 0 radical (unpaired) electrons. The predicted molar refractivity (Wildman–Crippen MR) is 96.8 cm³/mol. The lowest BCUT2D eigenvalue weighted by Crippen LogP contribution is -2.88. The molecular weight excluding hydrogens is 322 g/mol. The molecule has 6 heteroatoms. The summed E-state index contributed by atoms with van der Waals surface area (Å²) in [5.41, 5.74) is 2.04. The number of rotatable bonds is 8. The van der Waals surface area contributed by atoms with E-state index in [1.54, 1.807) is 24.1 Å². The van der Waals surface area contributed by atoms with Crippen molar-refractivity contribution in [1.82, 2.24) is 5.32 Å². The van der Waals surface area contributed by atoms with Gasteiger partial charge < -0.3 is 16.0 Å². The molecule has 0 aromatic heterocycles. The number of quaternary nitrogens is 1. The van der Waals surface area contributed by atoms with Crippen LogP contribution in [0.15, 0.2) is 59.5 Å². The van der Waals surface area contributed by atoms with Gasteiger partial charge in [0.05, 0.1) is 5.69 Å². The van der Waals surface area contributed by atoms with Crippen LogP contribution in [0.3, 0.4) is 0 Å². The Morgan fingerprint density at radius 1 is 0.958 bits per heavy atom. The van der Waals surface area contributed by atoms with E-state index in [1.165, 1.54) is 5.56 Å². The minimum Gasteiger partial charge on any atom is -0.354 e. The maximum absolute atomic E-state index is 12.0. The number of thioether (sulfide) groups is 1. The lowest BCUT2D eigenvalue weighted by molar-refractivity contribution is -0.632. The highest BCUT2D eigenvalue weighted by Gasteiger charge is 2.10. The second kappa shape index (κ2) is 9.75. The summed E-state index contributed by atoms with van der Waals surface area (Å²) < 4.78 is 0. The van der Waals surface area contributed by atoms with Gasteiger partial charge in [0, 0.05) is 17.7 Å². The number of carbonyl (C=O) groups excluding carboxylic acids is 2. The molecule has 2 aromatic carbocycles. The first-order chi connectivity index (χ1) is 11.7. The Morgan fingerprint density at radius 3 is 2.38 bits per heavy atom. The third-order valence-corrected chi connectivity index (χ3v) is 4.48. The fourth-order valence-corrected chi connectivity index (χ4v) is 3.03. The van der Waals surface area contributed by atoms with Crippen molar-refractivity contribution in [1.29, 1.82) is 0 Å². The van der Waals surface area contributed by atoms with Gasteiger partial charge >= 0.3 is 0 Å². The van der Waals surface area contributed by atoms with Crippen molar-refractivity contribution in [2.75, 3.05) is 25.5 Å². The van der Waals surface area contributed by atoms with E-state index in [4.69, 9.17) is 0 Å². The van der Waals surface area contributed by atoms with Crippen molar-refractivity contribution in [3.63, 3.8) is 0 Å². The van der Waals surface area contributed by atoms with Crippen LogP contribution in [0.1, 0.15) is 5.56 Å². The molecule has 4 N–H and O–H groups in total. The zero-order chi connectivity index (χ0) is 17.2. The molecule has 0 fully saturated rings. The summed E-state index contributed by atoms with van der Waals surface area (Å²) in [6.07, 6.45) is 0. The summed E-state index contributed by atoms with van der Waals surface area (Å²) in [6.45, 7) is 0.458. The minimum absolute atomic E-state index is 0.0957. The van der Waals surface area contributed by atoms with Crippen molar-refractivity contribution < 1.29 is 14.9 Å². The third-order valence-electron chi connectivity index (χ3n) is 3.34. The highest BCUT2D eigenvalue weighted by Crippen LogP contribution is 2.29. The molecule has 0 heterocycles. The van der Waals surface area contributed by atoms with E-state index in [0.29, 0.717) is 0 Å². The fraction of sp³-hybridized carbons (Fsp3) is 0.222. The summed E-state index contributed by atoms with van der Waals surface area (Å²) >= 11 is 1.69. The lowest BCUT2D eigenvalue weighted by Gasteiger charge is -2.10. The maximum atomic E-state index is 12.0. The number of carbonyl (C=O) groups is 2. The van der Waals surface area contributed by atoms with Gasteiger partial charge in [0.1, 0.15) is 0 Å². The Morgan fingerprint density at radius 2 is 1.62 bits per heavy atom. The van der Waals surface area contributed by atoms with Crippen LogP contribution in [0, 0.1) is 0 Å². The number of benzene rings is 2. The van der Waals surface area contributed by atoms with Gasteiger partial charge in [0.2, 0.25) is 0 Å². The largest absolute Gasteiger partial charge is 0.354 e. The van der Waals surface area contributed by atoms with Crippen LogP contribution in [0.2, 0.25) is 0 Å². The molecule has 0 saturated carbocycles. The van der Waals surface area contributed by atoms with Crippen LogP contribution in [0.4, 0.5) is 5.69 Å². The Hall–Kier alpha value is -2.31. The van der Waals surface area contributed by atoms with E-state index < -0.39 is 0 Å². The standard InChI is InChI=1S/C18H21N3O2S/c1-19-17(22)11-20-12-18(23)21-15-9-5-6-10-16(15)24-13-14-7-3-2-4-8-14/h2-10,20H,11-13H2,1H3,(H,19,22)(H,21,23)/p+1. The lowest BCUT2D eigenvalue weighted by atomic mass is 10.2. The van der Waals surface area contributed by atoms with Crippen LogP contribution in [-0.2, 0) is 15.3 Å². The Balaban J connectivity index is 1.88. The molecule has 126 valence electrons. The minimum atomic E-state index is -0.119.